The summed E-state index contributed by atoms with van der Waals surface area (Å²) in [4.78, 5) is 25.1. The predicted molar refractivity (Wildman–Crippen MR) is 73.3 cm³/mol. The third-order valence-electron chi connectivity index (χ3n) is 3.46. The van der Waals surface area contributed by atoms with Crippen molar-refractivity contribution in [1.82, 2.24) is 4.90 Å². The first-order valence-electron chi connectivity index (χ1n) is 6.79. The number of morpholine rings is 1. The summed E-state index contributed by atoms with van der Waals surface area (Å²) in [5.74, 6) is -1.69. The Hall–Kier alpha value is -1.88. The summed E-state index contributed by atoms with van der Waals surface area (Å²) in [6.07, 6.45) is 0.427. The van der Waals surface area contributed by atoms with E-state index in [0.29, 0.717) is 32.7 Å². The summed E-state index contributed by atoms with van der Waals surface area (Å²) in [6.45, 7) is 2.16. The molecule has 0 bridgehead atoms. The average molecular weight is 277 g/mol. The Morgan fingerprint density at radius 1 is 1.20 bits per heavy atom. The number of rotatable bonds is 5. The highest BCUT2D eigenvalue weighted by Gasteiger charge is 2.25. The van der Waals surface area contributed by atoms with Gasteiger partial charge in [0.05, 0.1) is 19.1 Å². The van der Waals surface area contributed by atoms with Crippen molar-refractivity contribution >= 4 is 11.9 Å². The van der Waals surface area contributed by atoms with Crippen LogP contribution in [-0.2, 0) is 20.7 Å². The van der Waals surface area contributed by atoms with Crippen molar-refractivity contribution in [3.63, 3.8) is 0 Å². The number of benzene rings is 1. The number of aliphatic carboxylic acids is 1. The highest BCUT2D eigenvalue weighted by molar-refractivity contribution is 5.82. The molecule has 1 aliphatic heterocycles. The maximum Gasteiger partial charge on any atom is 0.307 e. The lowest BCUT2D eigenvalue weighted by molar-refractivity contribution is -0.147. The molecule has 0 unspecified atom stereocenters. The van der Waals surface area contributed by atoms with E-state index in [1.54, 1.807) is 4.90 Å². The number of hydrogen-bond acceptors (Lipinski definition) is 3. The van der Waals surface area contributed by atoms with Crippen molar-refractivity contribution in [2.75, 3.05) is 26.3 Å². The number of ether oxygens (including phenoxy) is 1. The van der Waals surface area contributed by atoms with Crippen LogP contribution in [0.5, 0.6) is 0 Å². The lowest BCUT2D eigenvalue weighted by Crippen LogP contribution is -2.42. The Morgan fingerprint density at radius 2 is 1.85 bits per heavy atom. The second kappa shape index (κ2) is 7.05. The number of hydrogen-bond donors (Lipinski definition) is 1. The van der Waals surface area contributed by atoms with Crippen LogP contribution in [0.15, 0.2) is 30.3 Å². The summed E-state index contributed by atoms with van der Waals surface area (Å²) in [6, 6.07) is 9.40. The van der Waals surface area contributed by atoms with Crippen LogP contribution >= 0.6 is 0 Å². The van der Waals surface area contributed by atoms with Crippen molar-refractivity contribution in [3.8, 4) is 0 Å². The smallest absolute Gasteiger partial charge is 0.307 e. The van der Waals surface area contributed by atoms with Crippen LogP contribution in [0.3, 0.4) is 0 Å². The number of carboxylic acid groups (broad SMARTS) is 1. The van der Waals surface area contributed by atoms with E-state index in [4.69, 9.17) is 4.74 Å². The van der Waals surface area contributed by atoms with Gasteiger partial charge in [0.25, 0.3) is 0 Å². The molecule has 20 heavy (non-hydrogen) atoms. The zero-order chi connectivity index (χ0) is 14.4. The summed E-state index contributed by atoms with van der Waals surface area (Å²) in [5.41, 5.74) is 0.940. The Morgan fingerprint density at radius 3 is 2.45 bits per heavy atom. The minimum absolute atomic E-state index is 0.0459. The van der Waals surface area contributed by atoms with Gasteiger partial charge in [0.1, 0.15) is 0 Å². The van der Waals surface area contributed by atoms with E-state index in [-0.39, 0.29) is 12.3 Å². The maximum atomic E-state index is 12.1. The normalized spacial score (nSPS) is 16.7. The van der Waals surface area contributed by atoms with E-state index in [1.165, 1.54) is 0 Å². The van der Waals surface area contributed by atoms with E-state index in [1.807, 2.05) is 30.3 Å². The summed E-state index contributed by atoms with van der Waals surface area (Å²) in [5, 5.41) is 9.29. The summed E-state index contributed by atoms with van der Waals surface area (Å²) >= 11 is 0. The van der Waals surface area contributed by atoms with Crippen LogP contribution in [0.25, 0.3) is 0 Å². The van der Waals surface area contributed by atoms with Crippen molar-refractivity contribution in [2.45, 2.75) is 12.8 Å². The standard InChI is InChI=1S/C15H19NO4/c17-14(16-6-8-20-9-7-16)11-13(15(18)19)10-12-4-2-1-3-5-12/h1-5,13H,6-11H2,(H,18,19)/t13-/m0/s1. The first-order chi connectivity index (χ1) is 9.66. The number of carbonyl (C=O) groups excluding carboxylic acids is 1. The minimum Gasteiger partial charge on any atom is -0.481 e. The van der Waals surface area contributed by atoms with Gasteiger partial charge in [-0.05, 0) is 12.0 Å². The Balaban J connectivity index is 1.95. The van der Waals surface area contributed by atoms with Gasteiger partial charge in [-0.1, -0.05) is 30.3 Å². The first kappa shape index (κ1) is 14.5. The molecule has 1 heterocycles. The molecule has 1 N–H and O–H groups in total. The predicted octanol–water partition coefficient (Wildman–Crippen LogP) is 1.18. The van der Waals surface area contributed by atoms with Gasteiger partial charge in [0.2, 0.25) is 5.91 Å². The molecule has 0 spiro atoms. The zero-order valence-electron chi connectivity index (χ0n) is 11.3. The van der Waals surface area contributed by atoms with Crippen LogP contribution in [0.4, 0.5) is 0 Å². The van der Waals surface area contributed by atoms with Crippen LogP contribution < -0.4 is 0 Å². The molecule has 0 aromatic heterocycles. The number of carboxylic acids is 1. The van der Waals surface area contributed by atoms with Crippen LogP contribution in [0, 0.1) is 5.92 Å². The molecule has 5 nitrogen and oxygen atoms in total. The molecule has 1 amide bonds. The summed E-state index contributed by atoms with van der Waals surface area (Å²) in [7, 11) is 0. The quantitative estimate of drug-likeness (QED) is 0.877. The van der Waals surface area contributed by atoms with Crippen molar-refractivity contribution in [1.29, 1.82) is 0 Å². The monoisotopic (exact) mass is 277 g/mol. The van der Waals surface area contributed by atoms with E-state index in [9.17, 15) is 14.7 Å². The molecule has 1 saturated heterocycles. The number of carbonyl (C=O) groups is 2. The molecule has 0 radical (unpaired) electrons. The van der Waals surface area contributed by atoms with Crippen LogP contribution in [0.1, 0.15) is 12.0 Å². The highest BCUT2D eigenvalue weighted by Crippen LogP contribution is 2.15. The van der Waals surface area contributed by atoms with Gasteiger partial charge in [-0.2, -0.15) is 0 Å². The van der Waals surface area contributed by atoms with E-state index < -0.39 is 11.9 Å². The number of amides is 1. The third kappa shape index (κ3) is 4.06. The molecule has 108 valence electrons. The largest absolute Gasteiger partial charge is 0.481 e. The second-order valence-electron chi connectivity index (χ2n) is 4.92. The summed E-state index contributed by atoms with van der Waals surface area (Å²) < 4.78 is 5.19. The molecule has 1 aromatic rings. The van der Waals surface area contributed by atoms with E-state index >= 15 is 0 Å². The van der Waals surface area contributed by atoms with Crippen LogP contribution in [0.2, 0.25) is 0 Å². The van der Waals surface area contributed by atoms with Gasteiger partial charge in [0, 0.05) is 19.5 Å². The van der Waals surface area contributed by atoms with Crippen molar-refractivity contribution in [2.24, 2.45) is 5.92 Å². The van der Waals surface area contributed by atoms with Gasteiger partial charge in [-0.15, -0.1) is 0 Å². The third-order valence-corrected chi connectivity index (χ3v) is 3.46. The average Bonchev–Trinajstić information content (AvgIpc) is 2.48. The fourth-order valence-corrected chi connectivity index (χ4v) is 2.30. The first-order valence-corrected chi connectivity index (χ1v) is 6.79. The topological polar surface area (TPSA) is 66.8 Å². The molecule has 1 aliphatic rings. The fourth-order valence-electron chi connectivity index (χ4n) is 2.30. The van der Waals surface area contributed by atoms with Crippen molar-refractivity contribution in [3.05, 3.63) is 35.9 Å². The SMILES string of the molecule is O=C(O)[C@H](CC(=O)N1CCOCC1)Cc1ccccc1. The molecular formula is C15H19NO4. The molecule has 1 aromatic carbocycles. The molecular weight excluding hydrogens is 258 g/mol. The molecule has 0 aliphatic carbocycles. The molecule has 1 atom stereocenters. The Bertz CT molecular complexity index is 454. The molecule has 2 rings (SSSR count). The Labute approximate surface area is 118 Å². The minimum atomic E-state index is -0.921. The van der Waals surface area contributed by atoms with Gasteiger partial charge >= 0.3 is 5.97 Å². The number of nitrogens with zero attached hydrogens (tertiary/aromatic N) is 1. The Kier molecular flexibility index (Phi) is 5.12. The van der Waals surface area contributed by atoms with Crippen molar-refractivity contribution < 1.29 is 19.4 Å². The fraction of sp³-hybridized carbons (Fsp3) is 0.467. The van der Waals surface area contributed by atoms with Gasteiger partial charge < -0.3 is 14.7 Å². The lowest BCUT2D eigenvalue weighted by Gasteiger charge is -2.27. The van der Waals surface area contributed by atoms with Gasteiger partial charge in [-0.25, -0.2) is 0 Å². The molecule has 1 fully saturated rings. The second-order valence-corrected chi connectivity index (χ2v) is 4.92. The maximum absolute atomic E-state index is 12.1. The highest BCUT2D eigenvalue weighted by atomic mass is 16.5. The molecule has 0 saturated carbocycles. The van der Waals surface area contributed by atoms with E-state index in [0.717, 1.165) is 5.56 Å². The van der Waals surface area contributed by atoms with E-state index in [2.05, 4.69) is 0 Å². The van der Waals surface area contributed by atoms with Gasteiger partial charge in [-0.3, -0.25) is 9.59 Å². The zero-order valence-corrected chi connectivity index (χ0v) is 11.3. The molecule has 5 heteroatoms. The van der Waals surface area contributed by atoms with Crippen LogP contribution in [-0.4, -0.2) is 48.2 Å². The van der Waals surface area contributed by atoms with Gasteiger partial charge in [0.15, 0.2) is 0 Å². The lowest BCUT2D eigenvalue weighted by atomic mass is 9.95.